The average molecular weight is 436 g/mol. The Bertz CT molecular complexity index is 861. The lowest BCUT2D eigenvalue weighted by Gasteiger charge is -2.18. The van der Waals surface area contributed by atoms with Gasteiger partial charge < -0.3 is 10.6 Å². The van der Waals surface area contributed by atoms with Crippen LogP contribution in [0.2, 0.25) is 5.02 Å². The molecule has 7 nitrogen and oxygen atoms in total. The van der Waals surface area contributed by atoms with Gasteiger partial charge in [-0.3, -0.25) is 19.7 Å². The van der Waals surface area contributed by atoms with Gasteiger partial charge in [0.25, 0.3) is 11.6 Å². The highest BCUT2D eigenvalue weighted by Gasteiger charge is 2.21. The number of nitrogens with one attached hydrogen (secondary N) is 2. The first-order valence-electron chi connectivity index (χ1n) is 8.97. The zero-order valence-corrected chi connectivity index (χ0v) is 17.5. The predicted octanol–water partition coefficient (Wildman–Crippen LogP) is 3.46. The number of non-ortho nitro benzene ring substituents is 1. The van der Waals surface area contributed by atoms with Gasteiger partial charge in [-0.05, 0) is 48.6 Å². The molecule has 1 atom stereocenters. The topological polar surface area (TPSA) is 101 Å². The molecule has 2 N–H and O–H groups in total. The molecule has 2 amide bonds. The van der Waals surface area contributed by atoms with Crippen LogP contribution in [-0.4, -0.2) is 41.3 Å². The molecule has 9 heteroatoms. The van der Waals surface area contributed by atoms with Crippen LogP contribution < -0.4 is 10.6 Å². The van der Waals surface area contributed by atoms with Gasteiger partial charge in [-0.25, -0.2) is 0 Å². The van der Waals surface area contributed by atoms with Crippen molar-refractivity contribution in [2.75, 3.05) is 18.6 Å². The van der Waals surface area contributed by atoms with Gasteiger partial charge in [0.05, 0.1) is 4.92 Å². The van der Waals surface area contributed by atoms with Crippen molar-refractivity contribution in [1.82, 2.24) is 10.6 Å². The number of rotatable bonds is 10. The van der Waals surface area contributed by atoms with Crippen LogP contribution in [0.1, 0.15) is 22.3 Å². The molecule has 0 aliphatic rings. The SMILES string of the molecule is CSCCC(NC(=O)c1cccc([N+](=O)[O-])c1)C(=O)NCCc1ccc(Cl)cc1. The highest BCUT2D eigenvalue weighted by atomic mass is 35.5. The number of amides is 2. The summed E-state index contributed by atoms with van der Waals surface area (Å²) in [5.74, 6) is -0.121. The smallest absolute Gasteiger partial charge is 0.270 e. The highest BCUT2D eigenvalue weighted by molar-refractivity contribution is 7.98. The largest absolute Gasteiger partial charge is 0.354 e. The van der Waals surface area contributed by atoms with E-state index >= 15 is 0 Å². The molecule has 2 rings (SSSR count). The Kier molecular flexibility index (Phi) is 8.95. The van der Waals surface area contributed by atoms with Crippen LogP contribution in [0.4, 0.5) is 5.69 Å². The molecule has 0 radical (unpaired) electrons. The molecular formula is C20H22ClN3O4S. The second-order valence-electron chi connectivity index (χ2n) is 6.28. The van der Waals surface area contributed by atoms with Gasteiger partial charge in [0, 0.05) is 29.3 Å². The standard InChI is InChI=1S/C20H22ClN3O4S/c1-29-12-10-18(20(26)22-11-9-14-5-7-16(21)8-6-14)23-19(25)15-3-2-4-17(13-15)24(27)28/h2-8,13,18H,9-12H2,1H3,(H,22,26)(H,23,25). The van der Waals surface area contributed by atoms with Gasteiger partial charge in [-0.1, -0.05) is 29.8 Å². The van der Waals surface area contributed by atoms with Crippen LogP contribution in [0, 0.1) is 10.1 Å². The third-order valence-corrected chi connectivity index (χ3v) is 5.07. The molecule has 0 bridgehead atoms. The van der Waals surface area contributed by atoms with Crippen molar-refractivity contribution < 1.29 is 14.5 Å². The van der Waals surface area contributed by atoms with E-state index in [0.717, 1.165) is 5.56 Å². The number of benzene rings is 2. The van der Waals surface area contributed by atoms with Crippen LogP contribution in [0.25, 0.3) is 0 Å². The van der Waals surface area contributed by atoms with Crippen LogP contribution in [0.3, 0.4) is 0 Å². The second-order valence-corrected chi connectivity index (χ2v) is 7.70. The van der Waals surface area contributed by atoms with Crippen LogP contribution in [-0.2, 0) is 11.2 Å². The summed E-state index contributed by atoms with van der Waals surface area (Å²) in [5, 5.41) is 17.1. The lowest BCUT2D eigenvalue weighted by molar-refractivity contribution is -0.384. The zero-order valence-electron chi connectivity index (χ0n) is 15.9. The van der Waals surface area contributed by atoms with Crippen molar-refractivity contribution in [3.63, 3.8) is 0 Å². The monoisotopic (exact) mass is 435 g/mol. The van der Waals surface area contributed by atoms with Gasteiger partial charge in [0.2, 0.25) is 5.91 Å². The summed E-state index contributed by atoms with van der Waals surface area (Å²) >= 11 is 7.43. The van der Waals surface area contributed by atoms with E-state index in [0.29, 0.717) is 30.2 Å². The number of nitro groups is 1. The number of nitro benzene ring substituents is 1. The summed E-state index contributed by atoms with van der Waals surface area (Å²) in [6.07, 6.45) is 3.00. The molecule has 0 heterocycles. The first-order valence-corrected chi connectivity index (χ1v) is 10.7. The van der Waals surface area contributed by atoms with Crippen molar-refractivity contribution in [3.8, 4) is 0 Å². The fourth-order valence-electron chi connectivity index (χ4n) is 2.61. The van der Waals surface area contributed by atoms with E-state index in [4.69, 9.17) is 11.6 Å². The Labute approximate surface area is 178 Å². The quantitative estimate of drug-likeness (QED) is 0.439. The first-order chi connectivity index (χ1) is 13.9. The van der Waals surface area contributed by atoms with Crippen molar-refractivity contribution in [1.29, 1.82) is 0 Å². The number of thioether (sulfide) groups is 1. The molecule has 2 aromatic carbocycles. The minimum atomic E-state index is -0.723. The minimum Gasteiger partial charge on any atom is -0.354 e. The number of carbonyl (C=O) groups is 2. The van der Waals surface area contributed by atoms with Crippen molar-refractivity contribution in [3.05, 3.63) is 74.8 Å². The molecule has 0 aliphatic heterocycles. The first kappa shape index (κ1) is 22.7. The Morgan fingerprint density at radius 1 is 1.21 bits per heavy atom. The Hall–Kier alpha value is -2.58. The number of halogens is 1. The third kappa shape index (κ3) is 7.40. The Morgan fingerprint density at radius 3 is 2.59 bits per heavy atom. The maximum atomic E-state index is 12.6. The van der Waals surface area contributed by atoms with Gasteiger partial charge in [0.1, 0.15) is 6.04 Å². The summed E-state index contributed by atoms with van der Waals surface area (Å²) in [6, 6.07) is 12.1. The van der Waals surface area contributed by atoms with E-state index in [1.54, 1.807) is 23.9 Å². The van der Waals surface area contributed by atoms with Crippen LogP contribution >= 0.6 is 23.4 Å². The Morgan fingerprint density at radius 2 is 1.93 bits per heavy atom. The third-order valence-electron chi connectivity index (χ3n) is 4.18. The van der Waals surface area contributed by atoms with E-state index in [9.17, 15) is 19.7 Å². The molecule has 0 aromatic heterocycles. The van der Waals surface area contributed by atoms with Crippen molar-refractivity contribution >= 4 is 40.9 Å². The normalized spacial score (nSPS) is 11.5. The number of nitrogens with zero attached hydrogens (tertiary/aromatic N) is 1. The van der Waals surface area contributed by atoms with E-state index < -0.39 is 16.9 Å². The molecule has 0 saturated heterocycles. The van der Waals surface area contributed by atoms with E-state index in [1.807, 2.05) is 18.4 Å². The van der Waals surface area contributed by atoms with E-state index in [1.165, 1.54) is 24.3 Å². The van der Waals surface area contributed by atoms with E-state index in [-0.39, 0.29) is 17.2 Å². The van der Waals surface area contributed by atoms with Gasteiger partial charge in [-0.2, -0.15) is 11.8 Å². The summed E-state index contributed by atoms with van der Waals surface area (Å²) in [4.78, 5) is 35.4. The predicted molar refractivity (Wildman–Crippen MR) is 116 cm³/mol. The summed E-state index contributed by atoms with van der Waals surface area (Å²) < 4.78 is 0. The molecule has 154 valence electrons. The highest BCUT2D eigenvalue weighted by Crippen LogP contribution is 2.14. The molecule has 0 aliphatic carbocycles. The molecular weight excluding hydrogens is 414 g/mol. The summed E-state index contributed by atoms with van der Waals surface area (Å²) in [7, 11) is 0. The molecule has 2 aromatic rings. The lowest BCUT2D eigenvalue weighted by atomic mass is 10.1. The molecule has 0 spiro atoms. The van der Waals surface area contributed by atoms with Gasteiger partial charge >= 0.3 is 0 Å². The fourth-order valence-corrected chi connectivity index (χ4v) is 3.21. The second kappa shape index (κ2) is 11.4. The van der Waals surface area contributed by atoms with Crippen molar-refractivity contribution in [2.24, 2.45) is 0 Å². The lowest BCUT2D eigenvalue weighted by Crippen LogP contribution is -2.47. The van der Waals surface area contributed by atoms with Gasteiger partial charge in [-0.15, -0.1) is 0 Å². The van der Waals surface area contributed by atoms with Gasteiger partial charge in [0.15, 0.2) is 0 Å². The van der Waals surface area contributed by atoms with Crippen LogP contribution in [0.5, 0.6) is 0 Å². The Balaban J connectivity index is 1.97. The zero-order chi connectivity index (χ0) is 21.2. The maximum Gasteiger partial charge on any atom is 0.270 e. The minimum absolute atomic E-state index is 0.141. The number of hydrogen-bond acceptors (Lipinski definition) is 5. The summed E-state index contributed by atoms with van der Waals surface area (Å²) in [5.41, 5.74) is 1.00. The summed E-state index contributed by atoms with van der Waals surface area (Å²) in [6.45, 7) is 0.420. The molecule has 0 saturated carbocycles. The van der Waals surface area contributed by atoms with E-state index in [2.05, 4.69) is 10.6 Å². The number of carbonyl (C=O) groups excluding carboxylic acids is 2. The molecule has 1 unspecified atom stereocenters. The maximum absolute atomic E-state index is 12.6. The molecule has 0 fully saturated rings. The van der Waals surface area contributed by atoms with Crippen molar-refractivity contribution in [2.45, 2.75) is 18.9 Å². The molecule has 29 heavy (non-hydrogen) atoms. The average Bonchev–Trinajstić information content (AvgIpc) is 2.72. The fraction of sp³-hybridized carbons (Fsp3) is 0.300. The van der Waals surface area contributed by atoms with Crippen LogP contribution in [0.15, 0.2) is 48.5 Å². The number of hydrogen-bond donors (Lipinski definition) is 2.